The maximum Gasteiger partial charge on any atom is 0.115 e. The number of rotatable bonds is 7. The molecule has 1 aliphatic heterocycles. The highest BCUT2D eigenvalue weighted by atomic mass is 16.3. The molecule has 1 fully saturated rings. The van der Waals surface area contributed by atoms with Crippen LogP contribution in [0.2, 0.25) is 0 Å². The Bertz CT molecular complexity index is 648. The number of hydrogen-bond donors (Lipinski definition) is 2. The highest BCUT2D eigenvalue weighted by molar-refractivity contribution is 5.27. The van der Waals surface area contributed by atoms with Gasteiger partial charge in [-0.25, -0.2) is 0 Å². The minimum Gasteiger partial charge on any atom is -0.508 e. The fourth-order valence-corrected chi connectivity index (χ4v) is 3.91. The van der Waals surface area contributed by atoms with Crippen LogP contribution in [-0.4, -0.2) is 34.7 Å². The van der Waals surface area contributed by atoms with E-state index in [1.165, 1.54) is 37.9 Å². The molecule has 2 aromatic carbocycles. The van der Waals surface area contributed by atoms with Gasteiger partial charge in [0.1, 0.15) is 5.75 Å². The van der Waals surface area contributed by atoms with Gasteiger partial charge in [0.2, 0.25) is 0 Å². The van der Waals surface area contributed by atoms with Crippen LogP contribution in [0.15, 0.2) is 54.6 Å². The number of phenolic OH excluding ortho intramolecular Hbond substituents is 1. The van der Waals surface area contributed by atoms with E-state index < -0.39 is 6.10 Å². The molecular weight excluding hydrogens is 322 g/mol. The second-order valence-electron chi connectivity index (χ2n) is 7.78. The maximum atomic E-state index is 10.5. The lowest BCUT2D eigenvalue weighted by Gasteiger charge is -2.33. The van der Waals surface area contributed by atoms with Crippen LogP contribution in [-0.2, 0) is 6.42 Å². The zero-order valence-electron chi connectivity index (χ0n) is 15.7. The van der Waals surface area contributed by atoms with Crippen LogP contribution in [0, 0.1) is 11.8 Å². The minimum absolute atomic E-state index is 0.210. The number of nitrogens with zero attached hydrogens (tertiary/aromatic N) is 1. The van der Waals surface area contributed by atoms with Crippen molar-refractivity contribution in [3.05, 3.63) is 65.7 Å². The Labute approximate surface area is 157 Å². The molecule has 26 heavy (non-hydrogen) atoms. The fourth-order valence-electron chi connectivity index (χ4n) is 3.91. The number of benzene rings is 2. The number of piperidine rings is 1. The summed E-state index contributed by atoms with van der Waals surface area (Å²) >= 11 is 0. The van der Waals surface area contributed by atoms with Crippen molar-refractivity contribution in [3.8, 4) is 5.75 Å². The van der Waals surface area contributed by atoms with E-state index in [1.54, 1.807) is 12.1 Å². The van der Waals surface area contributed by atoms with E-state index in [2.05, 4.69) is 42.2 Å². The molecule has 3 rings (SSSR count). The van der Waals surface area contributed by atoms with Crippen molar-refractivity contribution in [2.45, 2.75) is 38.7 Å². The van der Waals surface area contributed by atoms with Crippen LogP contribution in [0.5, 0.6) is 5.75 Å². The third-order valence-corrected chi connectivity index (χ3v) is 5.75. The molecule has 0 saturated carbocycles. The molecule has 2 aromatic rings. The van der Waals surface area contributed by atoms with E-state index in [-0.39, 0.29) is 11.7 Å². The summed E-state index contributed by atoms with van der Waals surface area (Å²) in [6.45, 7) is 5.49. The summed E-state index contributed by atoms with van der Waals surface area (Å²) in [5.41, 5.74) is 2.34. The number of aliphatic hydroxyl groups is 1. The Hall–Kier alpha value is -1.84. The lowest BCUT2D eigenvalue weighted by Crippen LogP contribution is -2.35. The van der Waals surface area contributed by atoms with Gasteiger partial charge in [-0.05, 0) is 80.4 Å². The van der Waals surface area contributed by atoms with Crippen molar-refractivity contribution in [3.63, 3.8) is 0 Å². The molecule has 0 amide bonds. The third kappa shape index (κ3) is 5.33. The van der Waals surface area contributed by atoms with Gasteiger partial charge < -0.3 is 15.1 Å². The van der Waals surface area contributed by atoms with E-state index in [9.17, 15) is 10.2 Å². The second-order valence-corrected chi connectivity index (χ2v) is 7.78. The van der Waals surface area contributed by atoms with Crippen molar-refractivity contribution >= 4 is 0 Å². The summed E-state index contributed by atoms with van der Waals surface area (Å²) in [4.78, 5) is 2.54. The summed E-state index contributed by atoms with van der Waals surface area (Å²) in [5.74, 6) is 1.25. The van der Waals surface area contributed by atoms with E-state index in [1.807, 2.05) is 12.1 Å². The van der Waals surface area contributed by atoms with E-state index in [0.717, 1.165) is 24.4 Å². The lowest BCUT2D eigenvalue weighted by molar-refractivity contribution is 0.0968. The number of hydrogen-bond acceptors (Lipinski definition) is 3. The van der Waals surface area contributed by atoms with Crippen molar-refractivity contribution in [1.82, 2.24) is 4.90 Å². The molecule has 0 bridgehead atoms. The Morgan fingerprint density at radius 1 is 1.00 bits per heavy atom. The molecule has 3 nitrogen and oxygen atoms in total. The number of phenols is 1. The SMILES string of the molecule is C[C@@H](CCN1CCC(Cc2ccccc2)CC1)[C@H](O)c1ccc(O)cc1. The molecule has 0 unspecified atom stereocenters. The number of aromatic hydroxyl groups is 1. The van der Waals surface area contributed by atoms with Gasteiger partial charge in [0, 0.05) is 0 Å². The van der Waals surface area contributed by atoms with Crippen LogP contribution in [0.3, 0.4) is 0 Å². The normalized spacial score (nSPS) is 18.5. The van der Waals surface area contributed by atoms with Gasteiger partial charge in [0.15, 0.2) is 0 Å². The average Bonchev–Trinajstić information content (AvgIpc) is 2.68. The summed E-state index contributed by atoms with van der Waals surface area (Å²) in [6.07, 6.45) is 4.26. The third-order valence-electron chi connectivity index (χ3n) is 5.75. The van der Waals surface area contributed by atoms with E-state index in [0.29, 0.717) is 0 Å². The molecule has 2 N–H and O–H groups in total. The first-order valence-electron chi connectivity index (χ1n) is 9.85. The van der Waals surface area contributed by atoms with Crippen molar-refractivity contribution in [2.24, 2.45) is 11.8 Å². The van der Waals surface area contributed by atoms with Crippen LogP contribution in [0.1, 0.15) is 43.4 Å². The Morgan fingerprint density at radius 3 is 2.31 bits per heavy atom. The molecule has 1 saturated heterocycles. The van der Waals surface area contributed by atoms with Gasteiger partial charge in [0.05, 0.1) is 6.10 Å². The highest BCUT2D eigenvalue weighted by Gasteiger charge is 2.22. The lowest BCUT2D eigenvalue weighted by atomic mass is 9.89. The molecule has 0 spiro atoms. The molecule has 0 radical (unpaired) electrons. The van der Waals surface area contributed by atoms with Gasteiger partial charge in [-0.1, -0.05) is 49.4 Å². The minimum atomic E-state index is -0.466. The van der Waals surface area contributed by atoms with E-state index >= 15 is 0 Å². The predicted molar refractivity (Wildman–Crippen MR) is 106 cm³/mol. The molecule has 1 aliphatic rings. The molecule has 1 heterocycles. The van der Waals surface area contributed by atoms with Gasteiger partial charge in [-0.15, -0.1) is 0 Å². The first-order valence-corrected chi connectivity index (χ1v) is 9.85. The summed E-state index contributed by atoms with van der Waals surface area (Å²) in [7, 11) is 0. The molecule has 3 heteroatoms. The fraction of sp³-hybridized carbons (Fsp3) is 0.478. The predicted octanol–water partition coefficient (Wildman–Crippen LogP) is 4.41. The van der Waals surface area contributed by atoms with Crippen molar-refractivity contribution in [1.29, 1.82) is 0 Å². The highest BCUT2D eigenvalue weighted by Crippen LogP contribution is 2.27. The topological polar surface area (TPSA) is 43.7 Å². The summed E-state index contributed by atoms with van der Waals surface area (Å²) in [6, 6.07) is 17.7. The first kappa shape index (κ1) is 18.9. The molecule has 0 aliphatic carbocycles. The quantitative estimate of drug-likeness (QED) is 0.775. The molecule has 0 aromatic heterocycles. The average molecular weight is 354 g/mol. The Balaban J connectivity index is 1.39. The van der Waals surface area contributed by atoms with Crippen LogP contribution in [0.4, 0.5) is 0 Å². The standard InChI is InChI=1S/C23H31NO2/c1-18(23(26)21-7-9-22(25)10-8-21)11-14-24-15-12-20(13-16-24)17-19-5-3-2-4-6-19/h2-10,18,20,23,25-26H,11-17H2,1H3/t18-,23-/m0/s1. The zero-order chi connectivity index (χ0) is 18.4. The van der Waals surface area contributed by atoms with Crippen molar-refractivity contribution < 1.29 is 10.2 Å². The van der Waals surface area contributed by atoms with Crippen molar-refractivity contribution in [2.75, 3.05) is 19.6 Å². The smallest absolute Gasteiger partial charge is 0.115 e. The largest absolute Gasteiger partial charge is 0.508 e. The van der Waals surface area contributed by atoms with Crippen LogP contribution >= 0.6 is 0 Å². The van der Waals surface area contributed by atoms with Gasteiger partial charge in [0.25, 0.3) is 0 Å². The number of aliphatic hydroxyl groups excluding tert-OH is 1. The zero-order valence-corrected chi connectivity index (χ0v) is 15.7. The monoisotopic (exact) mass is 353 g/mol. The number of likely N-dealkylation sites (tertiary alicyclic amines) is 1. The van der Waals surface area contributed by atoms with Gasteiger partial charge in [-0.2, -0.15) is 0 Å². The Morgan fingerprint density at radius 2 is 1.65 bits per heavy atom. The molecule has 140 valence electrons. The second kappa shape index (κ2) is 9.20. The summed E-state index contributed by atoms with van der Waals surface area (Å²) < 4.78 is 0. The molecule has 2 atom stereocenters. The first-order chi connectivity index (χ1) is 12.6. The van der Waals surface area contributed by atoms with Crippen LogP contribution < -0.4 is 0 Å². The van der Waals surface area contributed by atoms with Crippen LogP contribution in [0.25, 0.3) is 0 Å². The van der Waals surface area contributed by atoms with Gasteiger partial charge in [-0.3, -0.25) is 0 Å². The van der Waals surface area contributed by atoms with Gasteiger partial charge >= 0.3 is 0 Å². The Kier molecular flexibility index (Phi) is 6.70. The molecular formula is C23H31NO2. The maximum absolute atomic E-state index is 10.5. The van der Waals surface area contributed by atoms with E-state index in [4.69, 9.17) is 0 Å². The summed E-state index contributed by atoms with van der Waals surface area (Å²) in [5, 5.41) is 19.9.